The third-order valence-corrected chi connectivity index (χ3v) is 5.79. The van der Waals surface area contributed by atoms with Gasteiger partial charge in [-0.1, -0.05) is 32.1 Å². The summed E-state index contributed by atoms with van der Waals surface area (Å²) in [5.74, 6) is 2.02. The van der Waals surface area contributed by atoms with Gasteiger partial charge >= 0.3 is 0 Å². The normalized spacial score (nSPS) is 33.5. The van der Waals surface area contributed by atoms with Crippen molar-refractivity contribution in [3.8, 4) is 0 Å². The largest absolute Gasteiger partial charge is 0.311 e. The van der Waals surface area contributed by atoms with Gasteiger partial charge in [0.1, 0.15) is 0 Å². The molecule has 1 saturated heterocycles. The van der Waals surface area contributed by atoms with E-state index in [-0.39, 0.29) is 0 Å². The molecular formula is C17H32N2. The smallest absolute Gasteiger partial charge is 0.0278 e. The van der Waals surface area contributed by atoms with Crippen LogP contribution < -0.4 is 5.32 Å². The van der Waals surface area contributed by atoms with Crippen molar-refractivity contribution in [2.24, 2.45) is 11.8 Å². The summed E-state index contributed by atoms with van der Waals surface area (Å²) in [5, 5.41) is 3.87. The third kappa shape index (κ3) is 3.52. The third-order valence-electron chi connectivity index (χ3n) is 5.79. The molecule has 0 spiro atoms. The van der Waals surface area contributed by atoms with E-state index < -0.39 is 0 Å². The molecule has 0 aromatic rings. The molecule has 1 unspecified atom stereocenters. The highest BCUT2D eigenvalue weighted by Crippen LogP contribution is 2.34. The summed E-state index contributed by atoms with van der Waals surface area (Å²) in [6.07, 6.45) is 11.8. The average Bonchev–Trinajstić information content (AvgIpc) is 3.22. The van der Waals surface area contributed by atoms with Crippen LogP contribution in [0.2, 0.25) is 0 Å². The van der Waals surface area contributed by atoms with Crippen molar-refractivity contribution >= 4 is 0 Å². The Kier molecular flexibility index (Phi) is 4.19. The van der Waals surface area contributed by atoms with Crippen molar-refractivity contribution in [2.45, 2.75) is 76.8 Å². The summed E-state index contributed by atoms with van der Waals surface area (Å²) >= 11 is 0. The first-order valence-corrected chi connectivity index (χ1v) is 8.63. The van der Waals surface area contributed by atoms with Crippen LogP contribution in [-0.2, 0) is 0 Å². The van der Waals surface area contributed by atoms with Gasteiger partial charge in [-0.3, -0.25) is 4.90 Å². The minimum absolute atomic E-state index is 0.361. The first-order valence-electron chi connectivity index (χ1n) is 8.63. The minimum atomic E-state index is 0.361. The molecule has 1 N–H and O–H groups in total. The van der Waals surface area contributed by atoms with Gasteiger partial charge in [0.2, 0.25) is 0 Å². The average molecular weight is 264 g/mol. The summed E-state index contributed by atoms with van der Waals surface area (Å²) in [7, 11) is 0. The Morgan fingerprint density at radius 2 is 1.79 bits per heavy atom. The second-order valence-corrected chi connectivity index (χ2v) is 7.88. The van der Waals surface area contributed by atoms with E-state index >= 15 is 0 Å². The number of rotatable bonds is 4. The standard InChI is InChI=1S/C17H32N2/c1-17(2)13-18-16(15-6-4-3-5-7-15)12-19(17)11-10-14-8-9-14/h14-16,18H,3-13H2,1-2H3. The number of piperazine rings is 1. The van der Waals surface area contributed by atoms with Gasteiger partial charge in [0.15, 0.2) is 0 Å². The summed E-state index contributed by atoms with van der Waals surface area (Å²) in [4.78, 5) is 2.79. The highest BCUT2D eigenvalue weighted by Gasteiger charge is 2.37. The van der Waals surface area contributed by atoms with Crippen LogP contribution in [0.25, 0.3) is 0 Å². The second kappa shape index (κ2) is 5.73. The highest BCUT2D eigenvalue weighted by atomic mass is 15.3. The zero-order chi connectivity index (χ0) is 13.3. The Morgan fingerprint density at radius 3 is 2.47 bits per heavy atom. The number of nitrogens with one attached hydrogen (secondary N) is 1. The molecule has 2 aliphatic carbocycles. The van der Waals surface area contributed by atoms with Crippen molar-refractivity contribution in [3.63, 3.8) is 0 Å². The fourth-order valence-corrected chi connectivity index (χ4v) is 4.03. The van der Waals surface area contributed by atoms with Crippen LogP contribution in [0.5, 0.6) is 0 Å². The van der Waals surface area contributed by atoms with Gasteiger partial charge in [-0.05, 0) is 51.5 Å². The Hall–Kier alpha value is -0.0800. The van der Waals surface area contributed by atoms with Gasteiger partial charge in [0.05, 0.1) is 0 Å². The lowest BCUT2D eigenvalue weighted by Gasteiger charge is -2.48. The lowest BCUT2D eigenvalue weighted by atomic mass is 9.81. The number of hydrogen-bond donors (Lipinski definition) is 1. The first-order chi connectivity index (χ1) is 9.15. The van der Waals surface area contributed by atoms with Crippen molar-refractivity contribution in [1.82, 2.24) is 10.2 Å². The van der Waals surface area contributed by atoms with Crippen LogP contribution in [0, 0.1) is 11.8 Å². The molecule has 3 rings (SSSR count). The summed E-state index contributed by atoms with van der Waals surface area (Å²) in [6, 6.07) is 0.771. The molecular weight excluding hydrogens is 232 g/mol. The SMILES string of the molecule is CC1(C)CNC(C2CCCCC2)CN1CCC1CC1. The molecule has 2 heteroatoms. The lowest BCUT2D eigenvalue weighted by molar-refractivity contribution is 0.0420. The van der Waals surface area contributed by atoms with Crippen molar-refractivity contribution in [1.29, 1.82) is 0 Å². The van der Waals surface area contributed by atoms with E-state index in [1.807, 2.05) is 0 Å². The van der Waals surface area contributed by atoms with E-state index in [9.17, 15) is 0 Å². The van der Waals surface area contributed by atoms with Gasteiger partial charge < -0.3 is 5.32 Å². The van der Waals surface area contributed by atoms with Crippen molar-refractivity contribution in [2.75, 3.05) is 19.6 Å². The maximum absolute atomic E-state index is 3.87. The lowest BCUT2D eigenvalue weighted by Crippen LogP contribution is -2.63. The summed E-state index contributed by atoms with van der Waals surface area (Å²) in [6.45, 7) is 8.65. The van der Waals surface area contributed by atoms with E-state index in [4.69, 9.17) is 0 Å². The Bertz CT molecular complexity index is 290. The van der Waals surface area contributed by atoms with E-state index in [1.54, 1.807) is 0 Å². The topological polar surface area (TPSA) is 15.3 Å². The Labute approximate surface area is 119 Å². The second-order valence-electron chi connectivity index (χ2n) is 7.88. The number of nitrogens with zero attached hydrogens (tertiary/aromatic N) is 1. The van der Waals surface area contributed by atoms with Gasteiger partial charge in [-0.25, -0.2) is 0 Å². The van der Waals surface area contributed by atoms with Crippen LogP contribution in [0.1, 0.15) is 65.2 Å². The van der Waals surface area contributed by atoms with Crippen LogP contribution in [0.15, 0.2) is 0 Å². The predicted molar refractivity (Wildman–Crippen MR) is 81.4 cm³/mol. The maximum atomic E-state index is 3.87. The molecule has 0 aromatic heterocycles. The van der Waals surface area contributed by atoms with E-state index in [1.165, 1.54) is 71.0 Å². The number of hydrogen-bond acceptors (Lipinski definition) is 2. The van der Waals surface area contributed by atoms with Gasteiger partial charge in [0, 0.05) is 24.7 Å². The molecule has 19 heavy (non-hydrogen) atoms. The van der Waals surface area contributed by atoms with Crippen molar-refractivity contribution in [3.05, 3.63) is 0 Å². The molecule has 0 bridgehead atoms. The molecule has 2 nitrogen and oxygen atoms in total. The summed E-state index contributed by atoms with van der Waals surface area (Å²) < 4.78 is 0. The molecule has 3 fully saturated rings. The van der Waals surface area contributed by atoms with E-state index in [0.717, 1.165) is 17.9 Å². The molecule has 3 aliphatic rings. The predicted octanol–water partition coefficient (Wildman–Crippen LogP) is 3.42. The van der Waals surface area contributed by atoms with Crippen molar-refractivity contribution < 1.29 is 0 Å². The molecule has 0 aromatic carbocycles. The van der Waals surface area contributed by atoms with Crippen LogP contribution in [-0.4, -0.2) is 36.1 Å². The zero-order valence-electron chi connectivity index (χ0n) is 13.0. The van der Waals surface area contributed by atoms with Gasteiger partial charge in [-0.2, -0.15) is 0 Å². The molecule has 110 valence electrons. The highest BCUT2D eigenvalue weighted by molar-refractivity contribution is 4.96. The quantitative estimate of drug-likeness (QED) is 0.837. The maximum Gasteiger partial charge on any atom is 0.0278 e. The van der Waals surface area contributed by atoms with E-state index in [0.29, 0.717) is 5.54 Å². The van der Waals surface area contributed by atoms with Gasteiger partial charge in [-0.15, -0.1) is 0 Å². The van der Waals surface area contributed by atoms with Crippen LogP contribution in [0.4, 0.5) is 0 Å². The molecule has 0 radical (unpaired) electrons. The fraction of sp³-hybridized carbons (Fsp3) is 1.00. The van der Waals surface area contributed by atoms with Crippen LogP contribution >= 0.6 is 0 Å². The fourth-order valence-electron chi connectivity index (χ4n) is 4.03. The van der Waals surface area contributed by atoms with Crippen LogP contribution in [0.3, 0.4) is 0 Å². The Morgan fingerprint density at radius 1 is 1.05 bits per heavy atom. The molecule has 2 saturated carbocycles. The molecule has 1 aliphatic heterocycles. The summed E-state index contributed by atoms with van der Waals surface area (Å²) in [5.41, 5.74) is 0.361. The minimum Gasteiger partial charge on any atom is -0.311 e. The molecule has 0 amide bonds. The molecule has 1 heterocycles. The molecule has 1 atom stereocenters. The zero-order valence-corrected chi connectivity index (χ0v) is 13.0. The Balaban J connectivity index is 1.55. The van der Waals surface area contributed by atoms with Gasteiger partial charge in [0.25, 0.3) is 0 Å². The monoisotopic (exact) mass is 264 g/mol. The van der Waals surface area contributed by atoms with E-state index in [2.05, 4.69) is 24.1 Å². The first kappa shape index (κ1) is 13.9.